The number of benzene rings is 2. The number of nitrogens with one attached hydrogen (secondary N) is 3. The quantitative estimate of drug-likeness (QED) is 0.594. The Balaban J connectivity index is 1.86. The van der Waals surface area contributed by atoms with Crippen LogP contribution in [0.5, 0.6) is 0 Å². The maximum absolute atomic E-state index is 11.8. The number of fused-ring (bicyclic) bond motifs is 1. The van der Waals surface area contributed by atoms with Gasteiger partial charge in [0.05, 0.1) is 12.1 Å². The molecule has 0 aliphatic carbocycles. The minimum absolute atomic E-state index is 0.0351. The summed E-state index contributed by atoms with van der Waals surface area (Å²) in [6.45, 7) is 3.83. The molecule has 0 fully saturated rings. The molecule has 6 nitrogen and oxygen atoms in total. The van der Waals surface area contributed by atoms with Gasteiger partial charge >= 0.3 is 6.03 Å². The average molecular weight is 324 g/mol. The predicted molar refractivity (Wildman–Crippen MR) is 94.7 cm³/mol. The SMILES string of the molecule is CC(C)NC(=O)Nc1n[nH]c2cc(-c3ccc(CO)cc3)ccc12. The van der Waals surface area contributed by atoms with Crippen LogP contribution in [0.2, 0.25) is 0 Å². The van der Waals surface area contributed by atoms with Crippen LogP contribution in [-0.2, 0) is 6.61 Å². The van der Waals surface area contributed by atoms with Crippen molar-refractivity contribution >= 4 is 22.8 Å². The molecule has 0 bridgehead atoms. The van der Waals surface area contributed by atoms with Crippen molar-refractivity contribution in [3.63, 3.8) is 0 Å². The molecule has 0 atom stereocenters. The first kappa shape index (κ1) is 16.0. The Morgan fingerprint density at radius 3 is 2.54 bits per heavy atom. The summed E-state index contributed by atoms with van der Waals surface area (Å²) >= 11 is 0. The largest absolute Gasteiger partial charge is 0.392 e. The van der Waals surface area contributed by atoms with Gasteiger partial charge in [0.1, 0.15) is 0 Å². The van der Waals surface area contributed by atoms with Gasteiger partial charge in [-0.2, -0.15) is 5.10 Å². The number of amides is 2. The van der Waals surface area contributed by atoms with Crippen molar-refractivity contribution in [2.45, 2.75) is 26.5 Å². The number of rotatable bonds is 4. The second-order valence-electron chi connectivity index (χ2n) is 5.94. The number of urea groups is 1. The number of hydrogen-bond donors (Lipinski definition) is 4. The van der Waals surface area contributed by atoms with Gasteiger partial charge in [0.25, 0.3) is 0 Å². The Kier molecular flexibility index (Phi) is 4.48. The Morgan fingerprint density at radius 2 is 1.88 bits per heavy atom. The molecule has 24 heavy (non-hydrogen) atoms. The lowest BCUT2D eigenvalue weighted by atomic mass is 10.0. The second kappa shape index (κ2) is 6.72. The standard InChI is InChI=1S/C18H20N4O2/c1-11(2)19-18(24)20-17-15-8-7-14(9-16(15)21-22-17)13-5-3-12(10-23)4-6-13/h3-9,11,23H,10H2,1-2H3,(H3,19,20,21,22,24). The van der Waals surface area contributed by atoms with Crippen LogP contribution in [0, 0.1) is 0 Å². The van der Waals surface area contributed by atoms with Crippen LogP contribution in [0.15, 0.2) is 42.5 Å². The number of anilines is 1. The minimum Gasteiger partial charge on any atom is -0.392 e. The maximum atomic E-state index is 11.8. The van der Waals surface area contributed by atoms with Crippen molar-refractivity contribution < 1.29 is 9.90 Å². The van der Waals surface area contributed by atoms with E-state index in [0.29, 0.717) is 5.82 Å². The number of H-pyrrole nitrogens is 1. The fourth-order valence-corrected chi connectivity index (χ4v) is 2.50. The molecule has 2 amide bonds. The number of hydrogen-bond acceptors (Lipinski definition) is 3. The van der Waals surface area contributed by atoms with E-state index in [1.807, 2.05) is 56.3 Å². The Labute approximate surface area is 139 Å². The van der Waals surface area contributed by atoms with E-state index in [0.717, 1.165) is 27.6 Å². The number of aliphatic hydroxyl groups is 1. The maximum Gasteiger partial charge on any atom is 0.320 e. The summed E-state index contributed by atoms with van der Waals surface area (Å²) in [5.74, 6) is 0.505. The van der Waals surface area contributed by atoms with Gasteiger partial charge in [0.2, 0.25) is 0 Å². The molecule has 0 aliphatic rings. The highest BCUT2D eigenvalue weighted by Crippen LogP contribution is 2.27. The van der Waals surface area contributed by atoms with E-state index in [1.54, 1.807) is 0 Å². The molecule has 0 unspecified atom stereocenters. The van der Waals surface area contributed by atoms with Gasteiger partial charge < -0.3 is 10.4 Å². The smallest absolute Gasteiger partial charge is 0.320 e. The number of nitrogens with zero attached hydrogens (tertiary/aromatic N) is 1. The molecular formula is C18H20N4O2. The third-order valence-electron chi connectivity index (χ3n) is 3.68. The Bertz CT molecular complexity index is 853. The fraction of sp³-hybridized carbons (Fsp3) is 0.222. The van der Waals surface area contributed by atoms with Crippen LogP contribution in [0.25, 0.3) is 22.0 Å². The topological polar surface area (TPSA) is 90.0 Å². The summed E-state index contributed by atoms with van der Waals surface area (Å²) in [6, 6.07) is 13.4. The Morgan fingerprint density at radius 1 is 1.17 bits per heavy atom. The highest BCUT2D eigenvalue weighted by molar-refractivity contribution is 6.00. The van der Waals surface area contributed by atoms with E-state index in [1.165, 1.54) is 0 Å². The van der Waals surface area contributed by atoms with Crippen LogP contribution < -0.4 is 10.6 Å². The molecule has 0 spiro atoms. The van der Waals surface area contributed by atoms with E-state index >= 15 is 0 Å². The number of aromatic amines is 1. The van der Waals surface area contributed by atoms with Gasteiger partial charge in [-0.05, 0) is 42.7 Å². The zero-order valence-corrected chi connectivity index (χ0v) is 13.6. The summed E-state index contributed by atoms with van der Waals surface area (Å²) in [6.07, 6.45) is 0. The van der Waals surface area contributed by atoms with Gasteiger partial charge in [0.15, 0.2) is 5.82 Å². The first-order chi connectivity index (χ1) is 11.6. The fourth-order valence-electron chi connectivity index (χ4n) is 2.50. The molecule has 0 saturated heterocycles. The van der Waals surface area contributed by atoms with Crippen molar-refractivity contribution in [3.05, 3.63) is 48.0 Å². The first-order valence-corrected chi connectivity index (χ1v) is 7.82. The van der Waals surface area contributed by atoms with Crippen LogP contribution in [-0.4, -0.2) is 27.4 Å². The van der Waals surface area contributed by atoms with E-state index in [-0.39, 0.29) is 18.7 Å². The number of aromatic nitrogens is 2. The van der Waals surface area contributed by atoms with Gasteiger partial charge in [-0.15, -0.1) is 0 Å². The van der Waals surface area contributed by atoms with E-state index in [2.05, 4.69) is 20.8 Å². The summed E-state index contributed by atoms with van der Waals surface area (Å²) < 4.78 is 0. The van der Waals surface area contributed by atoms with Crippen molar-refractivity contribution in [2.75, 3.05) is 5.32 Å². The van der Waals surface area contributed by atoms with Crippen LogP contribution in [0.4, 0.5) is 10.6 Å². The van der Waals surface area contributed by atoms with E-state index < -0.39 is 0 Å². The van der Waals surface area contributed by atoms with Gasteiger partial charge in [-0.25, -0.2) is 4.79 Å². The number of aliphatic hydroxyl groups excluding tert-OH is 1. The van der Waals surface area contributed by atoms with Gasteiger partial charge in [0, 0.05) is 11.4 Å². The average Bonchev–Trinajstić information content (AvgIpc) is 2.96. The summed E-state index contributed by atoms with van der Waals surface area (Å²) in [4.78, 5) is 11.8. The van der Waals surface area contributed by atoms with Crippen molar-refractivity contribution in [1.29, 1.82) is 0 Å². The molecule has 6 heteroatoms. The molecule has 0 saturated carbocycles. The van der Waals surface area contributed by atoms with Crippen molar-refractivity contribution in [1.82, 2.24) is 15.5 Å². The molecule has 2 aromatic carbocycles. The summed E-state index contributed by atoms with van der Waals surface area (Å²) in [5.41, 5.74) is 3.81. The summed E-state index contributed by atoms with van der Waals surface area (Å²) in [5, 5.41) is 22.6. The molecule has 0 aliphatic heterocycles. The Hall–Kier alpha value is -2.86. The van der Waals surface area contributed by atoms with E-state index in [9.17, 15) is 4.79 Å². The highest BCUT2D eigenvalue weighted by Gasteiger charge is 2.11. The van der Waals surface area contributed by atoms with Crippen LogP contribution >= 0.6 is 0 Å². The van der Waals surface area contributed by atoms with Crippen LogP contribution in [0.3, 0.4) is 0 Å². The minimum atomic E-state index is -0.276. The number of carbonyl (C=O) groups excluding carboxylic acids is 1. The molecule has 1 aromatic heterocycles. The molecule has 4 N–H and O–H groups in total. The molecule has 0 radical (unpaired) electrons. The molecule has 124 valence electrons. The lowest BCUT2D eigenvalue weighted by Crippen LogP contribution is -2.34. The zero-order chi connectivity index (χ0) is 17.1. The second-order valence-corrected chi connectivity index (χ2v) is 5.94. The molecule has 1 heterocycles. The molecule has 3 rings (SSSR count). The highest BCUT2D eigenvalue weighted by atomic mass is 16.3. The number of carbonyl (C=O) groups is 1. The first-order valence-electron chi connectivity index (χ1n) is 7.82. The van der Waals surface area contributed by atoms with Crippen molar-refractivity contribution in [2.24, 2.45) is 0 Å². The lowest BCUT2D eigenvalue weighted by Gasteiger charge is -2.08. The normalized spacial score (nSPS) is 11.0. The lowest BCUT2D eigenvalue weighted by molar-refractivity contribution is 0.250. The van der Waals surface area contributed by atoms with Gasteiger partial charge in [-0.3, -0.25) is 10.4 Å². The van der Waals surface area contributed by atoms with Gasteiger partial charge in [-0.1, -0.05) is 30.3 Å². The third kappa shape index (κ3) is 3.38. The predicted octanol–water partition coefficient (Wildman–Crippen LogP) is 3.25. The third-order valence-corrected chi connectivity index (χ3v) is 3.68. The summed E-state index contributed by atoms with van der Waals surface area (Å²) in [7, 11) is 0. The van der Waals surface area contributed by atoms with Crippen LogP contribution in [0.1, 0.15) is 19.4 Å². The van der Waals surface area contributed by atoms with E-state index in [4.69, 9.17) is 5.11 Å². The molecular weight excluding hydrogens is 304 g/mol. The zero-order valence-electron chi connectivity index (χ0n) is 13.6. The molecule has 3 aromatic rings. The van der Waals surface area contributed by atoms with Crippen molar-refractivity contribution in [3.8, 4) is 11.1 Å². The monoisotopic (exact) mass is 324 g/mol.